The summed E-state index contributed by atoms with van der Waals surface area (Å²) in [6.07, 6.45) is 37.7. The smallest absolute Gasteiger partial charge is 0.0481 e. The first kappa shape index (κ1) is 45.5. The SMILES string of the molecule is CCCCCCCCc1cc(-c2sc(-c3sc(-c4sc(C)cc4CCCCCCCC)cc3CCCCCCCC)cc2CCCCCCCC)sc1C. The summed E-state index contributed by atoms with van der Waals surface area (Å²) in [5.74, 6) is 0. The van der Waals surface area contributed by atoms with E-state index in [4.69, 9.17) is 0 Å². The van der Waals surface area contributed by atoms with E-state index in [2.05, 4.69) is 99.8 Å². The van der Waals surface area contributed by atoms with Gasteiger partial charge in [-0.05, 0) is 112 Å². The molecule has 0 aromatic carbocycles. The van der Waals surface area contributed by atoms with Crippen molar-refractivity contribution in [2.75, 3.05) is 0 Å². The molecule has 0 aliphatic heterocycles. The molecule has 0 aliphatic carbocycles. The number of hydrogen-bond donors (Lipinski definition) is 0. The molecule has 0 unspecified atom stereocenters. The van der Waals surface area contributed by atoms with Gasteiger partial charge in [0.25, 0.3) is 0 Å². The lowest BCUT2D eigenvalue weighted by atomic mass is 10.0. The maximum absolute atomic E-state index is 2.66. The topological polar surface area (TPSA) is 0 Å². The Kier molecular flexibility index (Phi) is 22.5. The van der Waals surface area contributed by atoms with Gasteiger partial charge in [0.1, 0.15) is 0 Å². The molecule has 4 rings (SSSR count). The van der Waals surface area contributed by atoms with Crippen molar-refractivity contribution < 1.29 is 0 Å². The van der Waals surface area contributed by atoms with Gasteiger partial charge in [-0.2, -0.15) is 0 Å². The summed E-state index contributed by atoms with van der Waals surface area (Å²) < 4.78 is 0. The van der Waals surface area contributed by atoms with E-state index in [1.165, 1.54) is 199 Å². The fourth-order valence-electron chi connectivity index (χ4n) is 8.09. The molecule has 4 heterocycles. The van der Waals surface area contributed by atoms with E-state index in [0.717, 1.165) is 0 Å². The second-order valence-electron chi connectivity index (χ2n) is 16.4. The van der Waals surface area contributed by atoms with E-state index >= 15 is 0 Å². The summed E-state index contributed by atoms with van der Waals surface area (Å²) in [5, 5.41) is 0. The van der Waals surface area contributed by atoms with Crippen molar-refractivity contribution in [3.8, 4) is 29.3 Å². The number of thiophene rings is 4. The molecule has 0 saturated heterocycles. The van der Waals surface area contributed by atoms with Crippen LogP contribution in [0.5, 0.6) is 0 Å². The number of rotatable bonds is 31. The van der Waals surface area contributed by atoms with Crippen molar-refractivity contribution >= 4 is 45.3 Å². The molecule has 0 amide bonds. The highest BCUT2D eigenvalue weighted by molar-refractivity contribution is 7.28. The van der Waals surface area contributed by atoms with Crippen molar-refractivity contribution in [2.24, 2.45) is 0 Å². The lowest BCUT2D eigenvalue weighted by molar-refractivity contribution is 0.607. The summed E-state index contributed by atoms with van der Waals surface area (Å²) in [4.78, 5) is 12.4. The first-order valence-corrected chi connectivity index (χ1v) is 26.2. The number of unbranched alkanes of at least 4 members (excludes halogenated alkanes) is 20. The maximum atomic E-state index is 2.66. The van der Waals surface area contributed by atoms with Gasteiger partial charge in [0.05, 0.1) is 0 Å². The zero-order valence-electron chi connectivity index (χ0n) is 35.7. The lowest BCUT2D eigenvalue weighted by Crippen LogP contribution is -1.87. The predicted molar refractivity (Wildman–Crippen MR) is 252 cm³/mol. The summed E-state index contributed by atoms with van der Waals surface area (Å²) >= 11 is 8.37. The molecule has 0 atom stereocenters. The monoisotopic (exact) mass is 806 g/mol. The Balaban J connectivity index is 1.62. The fourth-order valence-corrected chi connectivity index (χ4v) is 13.1. The van der Waals surface area contributed by atoms with Gasteiger partial charge in [-0.1, -0.05) is 156 Å². The third-order valence-corrected chi connectivity index (χ3v) is 16.5. The van der Waals surface area contributed by atoms with Crippen LogP contribution in [0.4, 0.5) is 0 Å². The predicted octanol–water partition coefficient (Wildman–Crippen LogP) is 19.2. The molecule has 4 aromatic rings. The van der Waals surface area contributed by atoms with Crippen LogP contribution in [0.15, 0.2) is 24.3 Å². The molecule has 4 aromatic heterocycles. The van der Waals surface area contributed by atoms with Gasteiger partial charge < -0.3 is 0 Å². The largest absolute Gasteiger partial charge is 0.139 e. The maximum Gasteiger partial charge on any atom is 0.0481 e. The second kappa shape index (κ2) is 26.7. The second-order valence-corrected chi connectivity index (χ2v) is 21.0. The van der Waals surface area contributed by atoms with Crippen molar-refractivity contribution in [3.63, 3.8) is 0 Å². The van der Waals surface area contributed by atoms with Gasteiger partial charge in [-0.3, -0.25) is 0 Å². The molecular weight excluding hydrogens is 729 g/mol. The van der Waals surface area contributed by atoms with Crippen LogP contribution in [0.1, 0.15) is 214 Å². The summed E-state index contributed by atoms with van der Waals surface area (Å²) in [6, 6.07) is 10.4. The van der Waals surface area contributed by atoms with Crippen LogP contribution < -0.4 is 0 Å². The Hall–Kier alpha value is -1.20. The van der Waals surface area contributed by atoms with E-state index in [-0.39, 0.29) is 0 Å². The number of hydrogen-bond acceptors (Lipinski definition) is 4. The van der Waals surface area contributed by atoms with Gasteiger partial charge in [0, 0.05) is 39.0 Å². The zero-order valence-corrected chi connectivity index (χ0v) is 39.0. The van der Waals surface area contributed by atoms with E-state index in [0.29, 0.717) is 0 Å². The molecule has 54 heavy (non-hydrogen) atoms. The highest BCUT2D eigenvalue weighted by Gasteiger charge is 2.21. The van der Waals surface area contributed by atoms with Gasteiger partial charge >= 0.3 is 0 Å². The molecule has 0 spiro atoms. The number of aryl methyl sites for hydroxylation is 6. The third kappa shape index (κ3) is 15.3. The van der Waals surface area contributed by atoms with Crippen molar-refractivity contribution in [3.05, 3.63) is 56.3 Å². The average molecular weight is 807 g/mol. The molecule has 0 bridgehead atoms. The van der Waals surface area contributed by atoms with E-state index < -0.39 is 0 Å². The normalized spacial score (nSPS) is 11.7. The Morgan fingerprint density at radius 3 is 1.02 bits per heavy atom. The van der Waals surface area contributed by atoms with Gasteiger partial charge in [-0.15, -0.1) is 45.3 Å². The zero-order chi connectivity index (χ0) is 38.4. The Labute approximate surface area is 350 Å². The molecule has 0 fully saturated rings. The Bertz CT molecular complexity index is 1560. The highest BCUT2D eigenvalue weighted by Crippen LogP contribution is 2.49. The molecule has 4 heteroatoms. The Morgan fingerprint density at radius 1 is 0.315 bits per heavy atom. The quantitative estimate of drug-likeness (QED) is 0.0445. The summed E-state index contributed by atoms with van der Waals surface area (Å²) in [6.45, 7) is 14.0. The van der Waals surface area contributed by atoms with Crippen LogP contribution in [0.3, 0.4) is 0 Å². The molecule has 0 aliphatic rings. The molecule has 0 saturated carbocycles. The Morgan fingerprint density at radius 2 is 0.611 bits per heavy atom. The van der Waals surface area contributed by atoms with Gasteiger partial charge in [0.15, 0.2) is 0 Å². The molecular formula is C50H78S4. The fraction of sp³-hybridized carbons (Fsp3) is 0.680. The van der Waals surface area contributed by atoms with Gasteiger partial charge in [-0.25, -0.2) is 0 Å². The van der Waals surface area contributed by atoms with Crippen LogP contribution >= 0.6 is 45.3 Å². The molecule has 0 N–H and O–H groups in total. The van der Waals surface area contributed by atoms with Crippen LogP contribution in [-0.4, -0.2) is 0 Å². The van der Waals surface area contributed by atoms with E-state index in [1.54, 1.807) is 41.8 Å². The third-order valence-electron chi connectivity index (χ3n) is 11.4. The van der Waals surface area contributed by atoms with Crippen molar-refractivity contribution in [1.29, 1.82) is 0 Å². The standard InChI is InChI=1S/C50H78S4/c1-7-11-15-19-23-27-31-41-36-45(52-40(41)6)49-43(33-29-25-21-17-13-9-3)38-47(54-49)50-44(34-30-26-22-18-14-10-4)37-46(53-50)48-42(35-39(5)51-48)32-28-24-20-16-12-8-2/h35-38H,7-34H2,1-6H3. The first-order chi connectivity index (χ1) is 26.5. The van der Waals surface area contributed by atoms with Crippen LogP contribution in [0.2, 0.25) is 0 Å². The molecule has 0 nitrogen and oxygen atoms in total. The van der Waals surface area contributed by atoms with Crippen molar-refractivity contribution in [1.82, 2.24) is 0 Å². The molecule has 302 valence electrons. The highest BCUT2D eigenvalue weighted by atomic mass is 32.1. The minimum Gasteiger partial charge on any atom is -0.139 e. The van der Waals surface area contributed by atoms with E-state index in [1.807, 2.05) is 11.3 Å². The van der Waals surface area contributed by atoms with Crippen LogP contribution in [0.25, 0.3) is 29.3 Å². The van der Waals surface area contributed by atoms with E-state index in [9.17, 15) is 0 Å². The van der Waals surface area contributed by atoms with Crippen LogP contribution in [0, 0.1) is 13.8 Å². The summed E-state index contributed by atoms with van der Waals surface area (Å²) in [5.41, 5.74) is 6.45. The molecule has 0 radical (unpaired) electrons. The first-order valence-electron chi connectivity index (χ1n) is 22.9. The lowest BCUT2D eigenvalue weighted by Gasteiger charge is -2.03. The van der Waals surface area contributed by atoms with Gasteiger partial charge in [0.2, 0.25) is 0 Å². The minimum atomic E-state index is 1.22. The minimum absolute atomic E-state index is 1.22. The summed E-state index contributed by atoms with van der Waals surface area (Å²) in [7, 11) is 0. The van der Waals surface area contributed by atoms with Crippen LogP contribution in [-0.2, 0) is 25.7 Å². The van der Waals surface area contributed by atoms with Crippen molar-refractivity contribution in [2.45, 2.75) is 221 Å². The average Bonchev–Trinajstić information content (AvgIpc) is 3.96.